The molecule has 0 saturated carbocycles. The lowest BCUT2D eigenvalue weighted by atomic mass is 9.96. The lowest BCUT2D eigenvalue weighted by Crippen LogP contribution is -2.26. The zero-order chi connectivity index (χ0) is 18.4. The van der Waals surface area contributed by atoms with Gasteiger partial charge in [0.2, 0.25) is 0 Å². The smallest absolute Gasteiger partial charge is 0.269 e. The standard InChI is InChI=1S/C21H17N3O2/c22-15-20(18-12-7-13-19(14-18)24(25)26)23-21(16-8-3-1-4-9-16)17-10-5-2-6-11-17/h1-14,20-21,23H. The van der Waals surface area contributed by atoms with Crippen molar-refractivity contribution in [2.45, 2.75) is 12.1 Å². The summed E-state index contributed by atoms with van der Waals surface area (Å²) in [6, 6.07) is 27.1. The number of hydrogen-bond donors (Lipinski definition) is 1. The summed E-state index contributed by atoms with van der Waals surface area (Å²) in [7, 11) is 0. The first-order chi connectivity index (χ1) is 12.7. The second-order valence-electron chi connectivity index (χ2n) is 5.84. The minimum atomic E-state index is -0.680. The molecule has 5 heteroatoms. The Kier molecular flexibility index (Phi) is 5.37. The number of nitrogens with one attached hydrogen (secondary N) is 1. The molecule has 0 bridgehead atoms. The summed E-state index contributed by atoms with van der Waals surface area (Å²) >= 11 is 0. The molecule has 0 heterocycles. The number of nitrogens with zero attached hydrogens (tertiary/aromatic N) is 2. The van der Waals surface area contributed by atoms with E-state index in [1.807, 2.05) is 60.7 Å². The van der Waals surface area contributed by atoms with Crippen LogP contribution in [0.5, 0.6) is 0 Å². The molecule has 3 rings (SSSR count). The highest BCUT2D eigenvalue weighted by molar-refractivity contribution is 5.39. The van der Waals surface area contributed by atoms with Gasteiger partial charge in [-0.25, -0.2) is 0 Å². The largest absolute Gasteiger partial charge is 0.287 e. The fourth-order valence-electron chi connectivity index (χ4n) is 2.87. The van der Waals surface area contributed by atoms with Gasteiger partial charge in [-0.15, -0.1) is 0 Å². The number of nitro benzene ring substituents is 1. The van der Waals surface area contributed by atoms with Crippen molar-refractivity contribution in [3.05, 3.63) is 112 Å². The van der Waals surface area contributed by atoms with E-state index in [0.29, 0.717) is 5.56 Å². The minimum absolute atomic E-state index is 0.0273. The maximum atomic E-state index is 11.0. The highest BCUT2D eigenvalue weighted by atomic mass is 16.6. The molecular formula is C21H17N3O2. The molecule has 1 unspecified atom stereocenters. The third-order valence-corrected chi connectivity index (χ3v) is 4.14. The van der Waals surface area contributed by atoms with Gasteiger partial charge in [-0.3, -0.25) is 15.4 Å². The quantitative estimate of drug-likeness (QED) is 0.526. The molecule has 0 aliphatic heterocycles. The van der Waals surface area contributed by atoms with Gasteiger partial charge in [0, 0.05) is 12.1 Å². The van der Waals surface area contributed by atoms with Gasteiger partial charge in [0.1, 0.15) is 6.04 Å². The van der Waals surface area contributed by atoms with E-state index in [-0.39, 0.29) is 11.7 Å². The van der Waals surface area contributed by atoms with Gasteiger partial charge in [-0.1, -0.05) is 72.8 Å². The molecule has 3 aromatic rings. The van der Waals surface area contributed by atoms with Crippen LogP contribution >= 0.6 is 0 Å². The van der Waals surface area contributed by atoms with Gasteiger partial charge in [0.05, 0.1) is 17.0 Å². The molecule has 0 amide bonds. The van der Waals surface area contributed by atoms with Gasteiger partial charge in [0.15, 0.2) is 0 Å². The number of non-ortho nitro benzene ring substituents is 1. The van der Waals surface area contributed by atoms with Crippen molar-refractivity contribution in [3.63, 3.8) is 0 Å². The molecule has 0 aromatic heterocycles. The molecule has 0 aliphatic carbocycles. The van der Waals surface area contributed by atoms with E-state index < -0.39 is 11.0 Å². The minimum Gasteiger partial charge on any atom is -0.287 e. The fraction of sp³-hybridized carbons (Fsp3) is 0.0952. The van der Waals surface area contributed by atoms with Crippen LogP contribution in [-0.2, 0) is 0 Å². The van der Waals surface area contributed by atoms with Gasteiger partial charge < -0.3 is 0 Å². The molecule has 0 aliphatic rings. The molecule has 26 heavy (non-hydrogen) atoms. The third-order valence-electron chi connectivity index (χ3n) is 4.14. The molecule has 5 nitrogen and oxygen atoms in total. The molecule has 0 spiro atoms. The van der Waals surface area contributed by atoms with Crippen LogP contribution in [-0.4, -0.2) is 4.92 Å². The van der Waals surface area contributed by atoms with Crippen LogP contribution in [0.15, 0.2) is 84.9 Å². The molecule has 1 atom stereocenters. The second-order valence-corrected chi connectivity index (χ2v) is 5.84. The normalized spacial score (nSPS) is 11.7. The van der Waals surface area contributed by atoms with Crippen molar-refractivity contribution in [1.82, 2.24) is 5.32 Å². The summed E-state index contributed by atoms with van der Waals surface area (Å²) in [6.07, 6.45) is 0. The van der Waals surface area contributed by atoms with E-state index in [4.69, 9.17) is 0 Å². The van der Waals surface area contributed by atoms with E-state index in [1.54, 1.807) is 12.1 Å². The van der Waals surface area contributed by atoms with Crippen LogP contribution in [0.2, 0.25) is 0 Å². The van der Waals surface area contributed by atoms with Gasteiger partial charge in [-0.05, 0) is 16.7 Å². The van der Waals surface area contributed by atoms with E-state index in [9.17, 15) is 15.4 Å². The Bertz CT molecular complexity index is 881. The summed E-state index contributed by atoms with van der Waals surface area (Å²) in [6.45, 7) is 0. The van der Waals surface area contributed by atoms with Crippen molar-refractivity contribution in [3.8, 4) is 6.07 Å². The maximum absolute atomic E-state index is 11.0. The number of nitriles is 1. The predicted molar refractivity (Wildman–Crippen MR) is 99.3 cm³/mol. The zero-order valence-electron chi connectivity index (χ0n) is 13.9. The first kappa shape index (κ1) is 17.3. The number of nitro groups is 1. The third kappa shape index (κ3) is 3.94. The van der Waals surface area contributed by atoms with Crippen molar-refractivity contribution in [2.75, 3.05) is 0 Å². The second kappa shape index (κ2) is 8.06. The van der Waals surface area contributed by atoms with Crippen LogP contribution in [0, 0.1) is 21.4 Å². The Morgan fingerprint density at radius 3 is 1.88 bits per heavy atom. The summed E-state index contributed by atoms with van der Waals surface area (Å²) in [5.74, 6) is 0. The van der Waals surface area contributed by atoms with Crippen molar-refractivity contribution in [2.24, 2.45) is 0 Å². The number of hydrogen-bond acceptors (Lipinski definition) is 4. The van der Waals surface area contributed by atoms with Gasteiger partial charge in [0.25, 0.3) is 5.69 Å². The van der Waals surface area contributed by atoms with Gasteiger partial charge >= 0.3 is 0 Å². The highest BCUT2D eigenvalue weighted by Gasteiger charge is 2.21. The number of benzene rings is 3. The SMILES string of the molecule is N#CC(NC(c1ccccc1)c1ccccc1)c1cccc([N+](=O)[O-])c1. The number of rotatable bonds is 6. The first-order valence-electron chi connectivity index (χ1n) is 8.19. The molecule has 3 aromatic carbocycles. The molecule has 0 radical (unpaired) electrons. The maximum Gasteiger partial charge on any atom is 0.269 e. The summed E-state index contributed by atoms with van der Waals surface area (Å²) in [5.41, 5.74) is 2.58. The predicted octanol–water partition coefficient (Wildman–Crippen LogP) is 4.54. The average molecular weight is 343 g/mol. The van der Waals surface area contributed by atoms with E-state index >= 15 is 0 Å². The molecular weight excluding hydrogens is 326 g/mol. The zero-order valence-corrected chi connectivity index (χ0v) is 13.9. The highest BCUT2D eigenvalue weighted by Crippen LogP contribution is 2.27. The Balaban J connectivity index is 1.96. The molecule has 128 valence electrons. The molecule has 0 saturated heterocycles. The summed E-state index contributed by atoms with van der Waals surface area (Å²) < 4.78 is 0. The van der Waals surface area contributed by atoms with Crippen LogP contribution in [0.1, 0.15) is 28.8 Å². The fourth-order valence-corrected chi connectivity index (χ4v) is 2.87. The van der Waals surface area contributed by atoms with Crippen LogP contribution < -0.4 is 5.32 Å². The Labute approximate surface area is 151 Å². The summed E-state index contributed by atoms with van der Waals surface area (Å²) in [4.78, 5) is 10.6. The Hall–Kier alpha value is -3.49. The van der Waals surface area contributed by atoms with E-state index in [2.05, 4.69) is 11.4 Å². The van der Waals surface area contributed by atoms with E-state index in [0.717, 1.165) is 11.1 Å². The monoisotopic (exact) mass is 343 g/mol. The van der Waals surface area contributed by atoms with Crippen molar-refractivity contribution < 1.29 is 4.92 Å². The molecule has 0 fully saturated rings. The lowest BCUT2D eigenvalue weighted by Gasteiger charge is -2.23. The van der Waals surface area contributed by atoms with Gasteiger partial charge in [-0.2, -0.15) is 5.26 Å². The lowest BCUT2D eigenvalue weighted by molar-refractivity contribution is -0.384. The Morgan fingerprint density at radius 1 is 0.846 bits per heavy atom. The average Bonchev–Trinajstić information content (AvgIpc) is 2.70. The topological polar surface area (TPSA) is 79.0 Å². The van der Waals surface area contributed by atoms with Crippen molar-refractivity contribution in [1.29, 1.82) is 5.26 Å². The van der Waals surface area contributed by atoms with Crippen LogP contribution in [0.25, 0.3) is 0 Å². The van der Waals surface area contributed by atoms with Crippen molar-refractivity contribution >= 4 is 5.69 Å². The summed E-state index contributed by atoms with van der Waals surface area (Å²) in [5, 5.41) is 24.0. The first-order valence-corrected chi connectivity index (χ1v) is 8.19. The van der Waals surface area contributed by atoms with Crippen LogP contribution in [0.3, 0.4) is 0 Å². The molecule has 1 N–H and O–H groups in total. The Morgan fingerprint density at radius 2 is 1.38 bits per heavy atom. The van der Waals surface area contributed by atoms with E-state index in [1.165, 1.54) is 12.1 Å². The van der Waals surface area contributed by atoms with Crippen LogP contribution in [0.4, 0.5) is 5.69 Å².